The van der Waals surface area contributed by atoms with E-state index in [0.29, 0.717) is 5.57 Å². The van der Waals surface area contributed by atoms with Crippen molar-refractivity contribution in [2.75, 3.05) is 0 Å². The number of aryl methyl sites for hydroxylation is 1. The van der Waals surface area contributed by atoms with Gasteiger partial charge in [0.05, 0.1) is 11.0 Å². The Morgan fingerprint density at radius 1 is 0.750 bits per heavy atom. The van der Waals surface area contributed by atoms with Crippen LogP contribution in [0.25, 0.3) is 50.0 Å². The third kappa shape index (κ3) is 4.94. The first-order chi connectivity index (χ1) is 21.6. The Morgan fingerprint density at radius 2 is 1.45 bits per heavy atom. The van der Waals surface area contributed by atoms with Crippen LogP contribution in [0.5, 0.6) is 0 Å². The maximum atomic E-state index is 9.76. The van der Waals surface area contributed by atoms with E-state index in [1.54, 1.807) is 0 Å². The lowest BCUT2D eigenvalue weighted by atomic mass is 9.93. The number of hydrogen-bond acceptors (Lipinski definition) is 3. The molecule has 0 fully saturated rings. The molecule has 5 aromatic carbocycles. The van der Waals surface area contributed by atoms with Crippen LogP contribution < -0.4 is 0 Å². The highest BCUT2D eigenvalue weighted by molar-refractivity contribution is 5.99. The highest BCUT2D eigenvalue weighted by Crippen LogP contribution is 2.35. The molecular weight excluding hydrogens is 538 g/mol. The van der Waals surface area contributed by atoms with Gasteiger partial charge in [0, 0.05) is 34.8 Å². The fourth-order valence-corrected chi connectivity index (χ4v) is 5.81. The predicted octanol–water partition coefficient (Wildman–Crippen LogP) is 9.06. The van der Waals surface area contributed by atoms with Crippen molar-refractivity contribution in [2.24, 2.45) is 0 Å². The molecule has 5 nitrogen and oxygen atoms in total. The molecule has 0 bridgehead atoms. The maximum absolute atomic E-state index is 9.76. The summed E-state index contributed by atoms with van der Waals surface area (Å²) in [7, 11) is 0. The molecule has 7 rings (SSSR count). The van der Waals surface area contributed by atoms with Crippen LogP contribution in [0.4, 0.5) is 0 Å². The van der Waals surface area contributed by atoms with E-state index in [0.717, 1.165) is 56.6 Å². The molecular formula is C39H27N5. The quantitative estimate of drug-likeness (QED) is 0.204. The van der Waals surface area contributed by atoms with Gasteiger partial charge in [0.15, 0.2) is 0 Å². The number of allylic oxidation sites excluding steroid dienone is 1. The van der Waals surface area contributed by atoms with Crippen LogP contribution in [-0.2, 0) is 6.54 Å². The fraction of sp³-hybridized carbons (Fsp3) is 0.0513. The molecule has 7 aromatic rings. The van der Waals surface area contributed by atoms with Gasteiger partial charge in [-0.3, -0.25) is 0 Å². The first kappa shape index (κ1) is 26.7. The summed E-state index contributed by atoms with van der Waals surface area (Å²) in [5.41, 5.74) is 10.8. The van der Waals surface area contributed by atoms with Crippen LogP contribution >= 0.6 is 0 Å². The van der Waals surface area contributed by atoms with Gasteiger partial charge in [-0.15, -0.1) is 0 Å². The van der Waals surface area contributed by atoms with Gasteiger partial charge in [-0.1, -0.05) is 103 Å². The summed E-state index contributed by atoms with van der Waals surface area (Å²) in [6.07, 6.45) is 2.17. The average molecular weight is 566 g/mol. The standard InChI is InChI=1S/C39H27N5/c1-26-12-14-28(15-13-26)30-17-19-37-33(20-30)34(25-44(37)24-27-8-4-2-5-9-27)39-42-35-18-16-31(21-36(35)43-39)38(32(22-40)23-41)29-10-6-3-7-11-29/h2-21,25H,24H2,1H3,(H,42,43). The van der Waals surface area contributed by atoms with Crippen molar-refractivity contribution in [3.05, 3.63) is 155 Å². The smallest absolute Gasteiger partial charge is 0.140 e. The normalized spacial score (nSPS) is 10.9. The zero-order valence-electron chi connectivity index (χ0n) is 24.1. The number of aromatic amines is 1. The maximum Gasteiger partial charge on any atom is 0.140 e. The Labute approximate surface area is 255 Å². The molecule has 0 atom stereocenters. The molecule has 0 aliphatic carbocycles. The van der Waals surface area contributed by atoms with Crippen molar-refractivity contribution in [3.8, 4) is 34.7 Å². The molecule has 44 heavy (non-hydrogen) atoms. The van der Waals surface area contributed by atoms with Gasteiger partial charge in [0.25, 0.3) is 0 Å². The second-order valence-electron chi connectivity index (χ2n) is 10.9. The Balaban J connectivity index is 1.38. The largest absolute Gasteiger partial charge is 0.342 e. The SMILES string of the molecule is Cc1ccc(-c2ccc3c(c2)c(-c2nc4ccc(C(=C(C#N)C#N)c5ccccc5)cc4[nH]2)cn3Cc2ccccc2)cc1. The van der Waals surface area contributed by atoms with Crippen LogP contribution in [0.15, 0.2) is 133 Å². The Kier molecular flexibility index (Phi) is 6.83. The molecule has 0 aliphatic rings. The number of rotatable bonds is 6. The van der Waals surface area contributed by atoms with E-state index >= 15 is 0 Å². The lowest BCUT2D eigenvalue weighted by molar-refractivity contribution is 0.837. The number of fused-ring (bicyclic) bond motifs is 2. The first-order valence-corrected chi connectivity index (χ1v) is 14.5. The Bertz CT molecular complexity index is 2240. The second kappa shape index (κ2) is 11.2. The minimum atomic E-state index is 0.0721. The third-order valence-corrected chi connectivity index (χ3v) is 8.02. The topological polar surface area (TPSA) is 81.2 Å². The van der Waals surface area contributed by atoms with Crippen LogP contribution in [0.1, 0.15) is 22.3 Å². The van der Waals surface area contributed by atoms with Crippen molar-refractivity contribution < 1.29 is 0 Å². The molecule has 2 heterocycles. The van der Waals surface area contributed by atoms with Gasteiger partial charge in [-0.05, 0) is 59.0 Å². The van der Waals surface area contributed by atoms with Gasteiger partial charge in [0.1, 0.15) is 23.5 Å². The lowest BCUT2D eigenvalue weighted by Crippen LogP contribution is -1.97. The average Bonchev–Trinajstić information content (AvgIpc) is 3.65. The van der Waals surface area contributed by atoms with E-state index in [-0.39, 0.29) is 5.57 Å². The van der Waals surface area contributed by atoms with Crippen molar-refractivity contribution >= 4 is 27.5 Å². The van der Waals surface area contributed by atoms with Crippen LogP contribution in [0.3, 0.4) is 0 Å². The van der Waals surface area contributed by atoms with Gasteiger partial charge in [-0.2, -0.15) is 10.5 Å². The van der Waals surface area contributed by atoms with Gasteiger partial charge >= 0.3 is 0 Å². The fourth-order valence-electron chi connectivity index (χ4n) is 5.81. The molecule has 208 valence electrons. The minimum absolute atomic E-state index is 0.0721. The summed E-state index contributed by atoms with van der Waals surface area (Å²) >= 11 is 0. The predicted molar refractivity (Wildman–Crippen MR) is 176 cm³/mol. The number of nitriles is 2. The van der Waals surface area contributed by atoms with Crippen molar-refractivity contribution in [2.45, 2.75) is 13.5 Å². The number of hydrogen-bond donors (Lipinski definition) is 1. The van der Waals surface area contributed by atoms with E-state index < -0.39 is 0 Å². The molecule has 0 unspecified atom stereocenters. The molecule has 1 N–H and O–H groups in total. The monoisotopic (exact) mass is 565 g/mol. The van der Waals surface area contributed by atoms with Crippen molar-refractivity contribution in [1.82, 2.24) is 14.5 Å². The summed E-state index contributed by atoms with van der Waals surface area (Å²) in [6.45, 7) is 2.84. The minimum Gasteiger partial charge on any atom is -0.342 e. The summed E-state index contributed by atoms with van der Waals surface area (Å²) in [4.78, 5) is 8.57. The van der Waals surface area contributed by atoms with Crippen LogP contribution in [-0.4, -0.2) is 14.5 Å². The number of H-pyrrole nitrogens is 1. The third-order valence-electron chi connectivity index (χ3n) is 8.02. The highest BCUT2D eigenvalue weighted by atomic mass is 15.0. The number of nitrogens with zero attached hydrogens (tertiary/aromatic N) is 4. The second-order valence-corrected chi connectivity index (χ2v) is 10.9. The van der Waals surface area contributed by atoms with Gasteiger partial charge < -0.3 is 9.55 Å². The Hall–Kier alpha value is -6.17. The summed E-state index contributed by atoms with van der Waals surface area (Å²) in [5.74, 6) is 0.765. The highest BCUT2D eigenvalue weighted by Gasteiger charge is 2.17. The molecule has 0 aliphatic heterocycles. The number of benzene rings is 5. The van der Waals surface area contributed by atoms with Crippen molar-refractivity contribution in [1.29, 1.82) is 10.5 Å². The van der Waals surface area contributed by atoms with E-state index in [9.17, 15) is 10.5 Å². The molecule has 0 radical (unpaired) electrons. The van der Waals surface area contributed by atoms with E-state index in [2.05, 4.69) is 102 Å². The van der Waals surface area contributed by atoms with E-state index in [1.165, 1.54) is 16.7 Å². The molecule has 0 saturated carbocycles. The molecule has 5 heteroatoms. The Morgan fingerprint density at radius 3 is 2.18 bits per heavy atom. The van der Waals surface area contributed by atoms with Crippen molar-refractivity contribution in [3.63, 3.8) is 0 Å². The molecule has 2 aromatic heterocycles. The first-order valence-electron chi connectivity index (χ1n) is 14.5. The molecule has 0 saturated heterocycles. The number of aromatic nitrogens is 3. The van der Waals surface area contributed by atoms with Gasteiger partial charge in [-0.25, -0.2) is 4.98 Å². The zero-order valence-corrected chi connectivity index (χ0v) is 24.1. The molecule has 0 spiro atoms. The summed E-state index contributed by atoms with van der Waals surface area (Å²) < 4.78 is 2.28. The number of imidazole rings is 1. The van der Waals surface area contributed by atoms with Crippen LogP contribution in [0, 0.1) is 29.6 Å². The van der Waals surface area contributed by atoms with E-state index in [4.69, 9.17) is 4.98 Å². The summed E-state index contributed by atoms with van der Waals surface area (Å²) in [5, 5.41) is 20.6. The van der Waals surface area contributed by atoms with Crippen LogP contribution in [0.2, 0.25) is 0 Å². The number of nitrogens with one attached hydrogen (secondary N) is 1. The van der Waals surface area contributed by atoms with E-state index in [1.807, 2.05) is 54.6 Å². The van der Waals surface area contributed by atoms with Gasteiger partial charge in [0.2, 0.25) is 0 Å². The summed E-state index contributed by atoms with van der Waals surface area (Å²) in [6, 6.07) is 45.3. The lowest BCUT2D eigenvalue weighted by Gasteiger charge is -2.08. The molecule has 0 amide bonds. The zero-order chi connectivity index (χ0) is 30.0.